The summed E-state index contributed by atoms with van der Waals surface area (Å²) < 4.78 is 2.00. The van der Waals surface area contributed by atoms with Crippen LogP contribution in [0, 0.1) is 0 Å². The molecule has 0 radical (unpaired) electrons. The Hall–Kier alpha value is -1.03. The van der Waals surface area contributed by atoms with Crippen LogP contribution in [0.2, 0.25) is 5.15 Å². The first-order valence-corrected chi connectivity index (χ1v) is 7.58. The normalized spacial score (nSPS) is 15.8. The van der Waals surface area contributed by atoms with Crippen LogP contribution in [0.4, 0.5) is 0 Å². The van der Waals surface area contributed by atoms with Crippen LogP contribution in [-0.4, -0.2) is 33.4 Å². The third-order valence-corrected chi connectivity index (χ3v) is 3.91. The lowest BCUT2D eigenvalue weighted by Gasteiger charge is -2.26. The zero-order chi connectivity index (χ0) is 13.7. The number of carbonyl (C=O) groups is 1. The van der Waals surface area contributed by atoms with Gasteiger partial charge in [0.25, 0.3) is 0 Å². The maximum Gasteiger partial charge on any atom is 0.223 e. The summed E-state index contributed by atoms with van der Waals surface area (Å²) in [5.41, 5.74) is 0. The van der Waals surface area contributed by atoms with E-state index in [0.29, 0.717) is 18.0 Å². The maximum atomic E-state index is 12.1. The fraction of sp³-hybridized carbons (Fsp3) is 0.714. The van der Waals surface area contributed by atoms with Gasteiger partial charge in [-0.05, 0) is 25.7 Å². The van der Waals surface area contributed by atoms with Crippen LogP contribution in [0.3, 0.4) is 0 Å². The molecule has 0 bridgehead atoms. The van der Waals surface area contributed by atoms with E-state index in [9.17, 15) is 4.79 Å². The summed E-state index contributed by atoms with van der Waals surface area (Å²) in [6.07, 6.45) is 7.45. The average Bonchev–Trinajstić information content (AvgIpc) is 2.79. The van der Waals surface area contributed by atoms with E-state index in [1.165, 1.54) is 6.42 Å². The van der Waals surface area contributed by atoms with Crippen molar-refractivity contribution in [2.45, 2.75) is 52.0 Å². The number of hydrogen-bond donors (Lipinski definition) is 0. The van der Waals surface area contributed by atoms with Crippen LogP contribution in [0.25, 0.3) is 0 Å². The highest BCUT2D eigenvalue weighted by atomic mass is 35.5. The van der Waals surface area contributed by atoms with Crippen LogP contribution in [0.5, 0.6) is 0 Å². The summed E-state index contributed by atoms with van der Waals surface area (Å²) in [7, 11) is 0. The summed E-state index contributed by atoms with van der Waals surface area (Å²) in [6, 6.07) is 0. The highest BCUT2D eigenvalue weighted by Crippen LogP contribution is 2.15. The lowest BCUT2D eigenvalue weighted by Crippen LogP contribution is -2.35. The van der Waals surface area contributed by atoms with Crippen molar-refractivity contribution in [2.24, 2.45) is 0 Å². The van der Waals surface area contributed by atoms with Crippen molar-refractivity contribution in [3.05, 3.63) is 17.2 Å². The van der Waals surface area contributed by atoms with E-state index in [1.807, 2.05) is 9.47 Å². The summed E-state index contributed by atoms with van der Waals surface area (Å²) in [5.74, 6) is 1.18. The number of imidazole rings is 1. The van der Waals surface area contributed by atoms with E-state index in [4.69, 9.17) is 11.6 Å². The average molecular weight is 284 g/mol. The Balaban J connectivity index is 1.89. The van der Waals surface area contributed by atoms with Crippen molar-refractivity contribution >= 4 is 17.5 Å². The number of aryl methyl sites for hydroxylation is 1. The largest absolute Gasteiger partial charge is 0.343 e. The Bertz CT molecular complexity index is 424. The molecule has 1 amide bonds. The Morgan fingerprint density at radius 2 is 2.11 bits per heavy atom. The number of halogens is 1. The Morgan fingerprint density at radius 3 is 2.79 bits per heavy atom. The van der Waals surface area contributed by atoms with E-state index >= 15 is 0 Å². The number of aromatic nitrogens is 2. The summed E-state index contributed by atoms with van der Waals surface area (Å²) in [4.78, 5) is 18.4. The number of amides is 1. The van der Waals surface area contributed by atoms with E-state index in [2.05, 4.69) is 11.9 Å². The van der Waals surface area contributed by atoms with Gasteiger partial charge in [0, 0.05) is 32.5 Å². The molecule has 1 aliphatic rings. The van der Waals surface area contributed by atoms with Gasteiger partial charge in [0.05, 0.1) is 6.20 Å². The highest BCUT2D eigenvalue weighted by molar-refractivity contribution is 6.29. The molecule has 0 saturated carbocycles. The third-order valence-electron chi connectivity index (χ3n) is 3.61. The monoisotopic (exact) mass is 283 g/mol. The van der Waals surface area contributed by atoms with E-state index in [1.54, 1.807) is 6.20 Å². The molecule has 4 nitrogen and oxygen atoms in total. The van der Waals surface area contributed by atoms with Crippen LogP contribution in [-0.2, 0) is 17.8 Å². The van der Waals surface area contributed by atoms with Crippen molar-refractivity contribution in [1.82, 2.24) is 14.5 Å². The van der Waals surface area contributed by atoms with Crippen LogP contribution in [0.15, 0.2) is 6.20 Å². The van der Waals surface area contributed by atoms with Crippen LogP contribution < -0.4 is 0 Å². The van der Waals surface area contributed by atoms with Gasteiger partial charge in [0.15, 0.2) is 0 Å². The molecular weight excluding hydrogens is 262 g/mol. The minimum absolute atomic E-state index is 0.252. The van der Waals surface area contributed by atoms with Gasteiger partial charge in [0.1, 0.15) is 11.0 Å². The summed E-state index contributed by atoms with van der Waals surface area (Å²) in [5, 5.41) is 0.669. The Labute approximate surface area is 119 Å². The van der Waals surface area contributed by atoms with E-state index < -0.39 is 0 Å². The molecular formula is C14H22ClN3O. The lowest BCUT2D eigenvalue weighted by atomic mass is 10.1. The SMILES string of the molecule is CCCn1c(Cl)cnc1CCC(=O)N1CCCCC1. The van der Waals surface area contributed by atoms with Gasteiger partial charge in [0.2, 0.25) is 5.91 Å². The molecule has 19 heavy (non-hydrogen) atoms. The van der Waals surface area contributed by atoms with Crippen molar-refractivity contribution in [2.75, 3.05) is 13.1 Å². The molecule has 0 unspecified atom stereocenters. The first-order valence-electron chi connectivity index (χ1n) is 7.20. The molecule has 2 heterocycles. The minimum Gasteiger partial charge on any atom is -0.343 e. The molecule has 1 saturated heterocycles. The van der Waals surface area contributed by atoms with Gasteiger partial charge in [-0.25, -0.2) is 4.98 Å². The molecule has 106 valence electrons. The van der Waals surface area contributed by atoms with Gasteiger partial charge in [-0.1, -0.05) is 18.5 Å². The highest BCUT2D eigenvalue weighted by Gasteiger charge is 2.17. The third kappa shape index (κ3) is 3.72. The zero-order valence-electron chi connectivity index (χ0n) is 11.6. The van der Waals surface area contributed by atoms with Crippen LogP contribution in [0.1, 0.15) is 44.9 Å². The molecule has 2 rings (SSSR count). The molecule has 1 aromatic heterocycles. The van der Waals surface area contributed by atoms with Crippen molar-refractivity contribution < 1.29 is 4.79 Å². The Morgan fingerprint density at radius 1 is 1.37 bits per heavy atom. The first-order chi connectivity index (χ1) is 9.22. The van der Waals surface area contributed by atoms with Gasteiger partial charge < -0.3 is 9.47 Å². The minimum atomic E-state index is 0.252. The molecule has 0 atom stereocenters. The lowest BCUT2D eigenvalue weighted by molar-refractivity contribution is -0.132. The molecule has 5 heteroatoms. The fourth-order valence-corrected chi connectivity index (χ4v) is 2.80. The smallest absolute Gasteiger partial charge is 0.223 e. The van der Waals surface area contributed by atoms with Crippen molar-refractivity contribution in [3.8, 4) is 0 Å². The summed E-state index contributed by atoms with van der Waals surface area (Å²) in [6.45, 7) is 4.82. The molecule has 1 aromatic rings. The molecule has 0 N–H and O–H groups in total. The van der Waals surface area contributed by atoms with E-state index in [-0.39, 0.29) is 5.91 Å². The predicted octanol–water partition coefficient (Wildman–Crippen LogP) is 2.89. The Kier molecular flexibility index (Phi) is 5.25. The van der Waals surface area contributed by atoms with E-state index in [0.717, 1.165) is 44.7 Å². The number of nitrogens with zero attached hydrogens (tertiary/aromatic N) is 3. The van der Waals surface area contributed by atoms with Gasteiger partial charge in [-0.3, -0.25) is 4.79 Å². The zero-order valence-corrected chi connectivity index (χ0v) is 12.3. The summed E-state index contributed by atoms with van der Waals surface area (Å²) >= 11 is 6.09. The second-order valence-corrected chi connectivity index (χ2v) is 5.48. The second-order valence-electron chi connectivity index (χ2n) is 5.09. The molecule has 1 aliphatic heterocycles. The van der Waals surface area contributed by atoms with Crippen LogP contribution >= 0.6 is 11.6 Å². The molecule has 0 aromatic carbocycles. The number of piperidine rings is 1. The topological polar surface area (TPSA) is 38.1 Å². The maximum absolute atomic E-state index is 12.1. The molecule has 0 aliphatic carbocycles. The second kappa shape index (κ2) is 6.94. The predicted molar refractivity (Wildman–Crippen MR) is 76.3 cm³/mol. The fourth-order valence-electron chi connectivity index (χ4n) is 2.57. The van der Waals surface area contributed by atoms with Crippen molar-refractivity contribution in [1.29, 1.82) is 0 Å². The van der Waals surface area contributed by atoms with Crippen molar-refractivity contribution in [3.63, 3.8) is 0 Å². The number of rotatable bonds is 5. The first kappa shape index (κ1) is 14.4. The van der Waals surface area contributed by atoms with Gasteiger partial charge in [-0.15, -0.1) is 0 Å². The number of hydrogen-bond acceptors (Lipinski definition) is 2. The standard InChI is InChI=1S/C14H22ClN3O/c1-2-8-18-12(15)11-16-13(18)6-7-14(19)17-9-4-3-5-10-17/h11H,2-10H2,1H3. The number of likely N-dealkylation sites (tertiary alicyclic amines) is 1. The van der Waals surface area contributed by atoms with Gasteiger partial charge in [-0.2, -0.15) is 0 Å². The molecule has 1 fully saturated rings. The quantitative estimate of drug-likeness (QED) is 0.833. The van der Waals surface area contributed by atoms with Gasteiger partial charge >= 0.3 is 0 Å². The molecule has 0 spiro atoms. The number of carbonyl (C=O) groups excluding carboxylic acids is 1.